The molecule has 0 heterocycles. The van der Waals surface area contributed by atoms with Crippen LogP contribution in [0, 0.1) is 5.82 Å². The summed E-state index contributed by atoms with van der Waals surface area (Å²) in [7, 11) is 0. The van der Waals surface area contributed by atoms with Gasteiger partial charge in [-0.05, 0) is 29.8 Å². The van der Waals surface area contributed by atoms with Crippen molar-refractivity contribution in [1.29, 1.82) is 0 Å². The molecular formula is C14H13FN2O2. The van der Waals surface area contributed by atoms with Gasteiger partial charge in [-0.3, -0.25) is 4.79 Å². The lowest BCUT2D eigenvalue weighted by molar-refractivity contribution is -0.118. The minimum atomic E-state index is -0.913. The third-order valence-electron chi connectivity index (χ3n) is 2.66. The summed E-state index contributed by atoms with van der Waals surface area (Å²) in [5, 5.41) is 12.1. The van der Waals surface area contributed by atoms with Gasteiger partial charge in [-0.25, -0.2) is 4.39 Å². The summed E-state index contributed by atoms with van der Waals surface area (Å²) in [6, 6.07) is 11.2. The van der Waals surface area contributed by atoms with E-state index in [1.165, 1.54) is 24.3 Å². The van der Waals surface area contributed by atoms with Gasteiger partial charge in [0.15, 0.2) is 0 Å². The van der Waals surface area contributed by atoms with Crippen molar-refractivity contribution in [3.05, 3.63) is 59.9 Å². The van der Waals surface area contributed by atoms with Crippen molar-refractivity contribution in [3.8, 4) is 5.75 Å². The zero-order valence-electron chi connectivity index (χ0n) is 10.0. The predicted octanol–water partition coefficient (Wildman–Crippen LogP) is 2.17. The zero-order chi connectivity index (χ0) is 13.8. The average Bonchev–Trinajstić information content (AvgIpc) is 2.37. The molecule has 2 rings (SSSR count). The van der Waals surface area contributed by atoms with Crippen LogP contribution < -0.4 is 11.1 Å². The van der Waals surface area contributed by atoms with Crippen molar-refractivity contribution < 1.29 is 14.3 Å². The molecule has 0 aliphatic heterocycles. The van der Waals surface area contributed by atoms with Crippen molar-refractivity contribution in [2.24, 2.45) is 5.73 Å². The van der Waals surface area contributed by atoms with Crippen molar-refractivity contribution in [2.45, 2.75) is 6.04 Å². The molecule has 0 saturated carbocycles. The molecule has 98 valence electrons. The van der Waals surface area contributed by atoms with E-state index < -0.39 is 17.8 Å². The number of carbonyl (C=O) groups is 1. The first-order chi connectivity index (χ1) is 9.08. The number of benzene rings is 2. The number of para-hydroxylation sites is 1. The highest BCUT2D eigenvalue weighted by molar-refractivity contribution is 5.84. The van der Waals surface area contributed by atoms with Crippen LogP contribution in [0.3, 0.4) is 0 Å². The minimum absolute atomic E-state index is 0.0130. The Bertz CT molecular complexity index is 602. The third-order valence-corrected chi connectivity index (χ3v) is 2.66. The number of halogens is 1. The van der Waals surface area contributed by atoms with E-state index in [4.69, 9.17) is 5.73 Å². The van der Waals surface area contributed by atoms with Crippen LogP contribution in [0.1, 0.15) is 11.6 Å². The van der Waals surface area contributed by atoms with Crippen LogP contribution in [-0.4, -0.2) is 11.0 Å². The summed E-state index contributed by atoms with van der Waals surface area (Å²) in [5.41, 5.74) is 5.96. The Morgan fingerprint density at radius 2 is 1.95 bits per heavy atom. The van der Waals surface area contributed by atoms with Gasteiger partial charge in [-0.2, -0.15) is 0 Å². The van der Waals surface area contributed by atoms with Gasteiger partial charge in [-0.1, -0.05) is 24.3 Å². The van der Waals surface area contributed by atoms with Crippen molar-refractivity contribution >= 4 is 11.6 Å². The molecule has 4 nitrogen and oxygen atoms in total. The molecule has 5 heteroatoms. The first-order valence-corrected chi connectivity index (χ1v) is 5.67. The number of aromatic hydroxyl groups is 1. The maximum absolute atomic E-state index is 13.5. The molecular weight excluding hydrogens is 247 g/mol. The third kappa shape index (κ3) is 3.01. The highest BCUT2D eigenvalue weighted by Crippen LogP contribution is 2.23. The van der Waals surface area contributed by atoms with Crippen LogP contribution in [0.2, 0.25) is 0 Å². The van der Waals surface area contributed by atoms with E-state index in [1.807, 2.05) is 0 Å². The van der Waals surface area contributed by atoms with Crippen LogP contribution in [-0.2, 0) is 4.79 Å². The number of hydrogen-bond donors (Lipinski definition) is 3. The Kier molecular flexibility index (Phi) is 3.66. The number of rotatable bonds is 4. The molecule has 0 radical (unpaired) electrons. The molecule has 1 atom stereocenters. The normalized spacial score (nSPS) is 11.8. The summed E-state index contributed by atoms with van der Waals surface area (Å²) < 4.78 is 13.5. The Balaban J connectivity index is 2.32. The lowest BCUT2D eigenvalue weighted by Crippen LogP contribution is -2.28. The van der Waals surface area contributed by atoms with Crippen LogP contribution in [0.4, 0.5) is 10.1 Å². The van der Waals surface area contributed by atoms with Gasteiger partial charge in [0, 0.05) is 0 Å². The molecule has 0 bridgehead atoms. The van der Waals surface area contributed by atoms with Gasteiger partial charge < -0.3 is 16.2 Å². The Morgan fingerprint density at radius 1 is 1.21 bits per heavy atom. The summed E-state index contributed by atoms with van der Waals surface area (Å²) in [4.78, 5) is 11.5. The van der Waals surface area contributed by atoms with E-state index in [9.17, 15) is 14.3 Å². The van der Waals surface area contributed by atoms with E-state index in [0.717, 1.165) is 0 Å². The highest BCUT2D eigenvalue weighted by atomic mass is 19.1. The fraction of sp³-hybridized carbons (Fsp3) is 0.0714. The molecule has 2 aromatic rings. The highest BCUT2D eigenvalue weighted by Gasteiger charge is 2.19. The molecule has 0 aromatic heterocycles. The Morgan fingerprint density at radius 3 is 2.58 bits per heavy atom. The molecule has 0 saturated heterocycles. The number of primary amides is 1. The van der Waals surface area contributed by atoms with Crippen LogP contribution in [0.15, 0.2) is 48.5 Å². The molecule has 2 aromatic carbocycles. The molecule has 0 spiro atoms. The van der Waals surface area contributed by atoms with Gasteiger partial charge in [-0.15, -0.1) is 0 Å². The van der Waals surface area contributed by atoms with Gasteiger partial charge in [0.25, 0.3) is 0 Å². The topological polar surface area (TPSA) is 75.4 Å². The number of nitrogens with two attached hydrogens (primary N) is 1. The maximum atomic E-state index is 13.5. The number of nitrogens with one attached hydrogen (secondary N) is 1. The fourth-order valence-corrected chi connectivity index (χ4v) is 1.76. The lowest BCUT2D eigenvalue weighted by atomic mass is 10.1. The number of phenols is 1. The van der Waals surface area contributed by atoms with E-state index in [1.54, 1.807) is 24.3 Å². The van der Waals surface area contributed by atoms with Gasteiger partial charge in [0.05, 0.1) is 5.69 Å². The lowest BCUT2D eigenvalue weighted by Gasteiger charge is -2.17. The number of hydrogen-bond acceptors (Lipinski definition) is 3. The van der Waals surface area contributed by atoms with E-state index in [0.29, 0.717) is 5.56 Å². The Hall–Kier alpha value is -2.56. The molecule has 0 aliphatic carbocycles. The number of anilines is 1. The van der Waals surface area contributed by atoms with E-state index in [2.05, 4.69) is 5.32 Å². The first kappa shape index (κ1) is 12.9. The summed E-state index contributed by atoms with van der Waals surface area (Å²) in [6.07, 6.45) is 0. The van der Waals surface area contributed by atoms with Crippen LogP contribution in [0.5, 0.6) is 5.75 Å². The maximum Gasteiger partial charge on any atom is 0.244 e. The summed E-state index contributed by atoms with van der Waals surface area (Å²) in [6.45, 7) is 0. The average molecular weight is 260 g/mol. The largest absolute Gasteiger partial charge is 0.508 e. The van der Waals surface area contributed by atoms with Gasteiger partial charge in [0.2, 0.25) is 5.91 Å². The van der Waals surface area contributed by atoms with Crippen LogP contribution in [0.25, 0.3) is 0 Å². The SMILES string of the molecule is NC(=O)C(Nc1ccccc1F)c1cccc(O)c1. The Labute approximate surface area is 109 Å². The number of amides is 1. The first-order valence-electron chi connectivity index (χ1n) is 5.67. The van der Waals surface area contributed by atoms with E-state index in [-0.39, 0.29) is 11.4 Å². The standard InChI is InChI=1S/C14H13FN2O2/c15-11-6-1-2-7-12(11)17-13(14(16)19)9-4-3-5-10(18)8-9/h1-8,13,17-18H,(H2,16,19). The second-order valence-corrected chi connectivity index (χ2v) is 4.05. The number of carbonyl (C=O) groups excluding carboxylic acids is 1. The van der Waals surface area contributed by atoms with Gasteiger partial charge >= 0.3 is 0 Å². The fourth-order valence-electron chi connectivity index (χ4n) is 1.76. The van der Waals surface area contributed by atoms with Gasteiger partial charge in [0.1, 0.15) is 17.6 Å². The smallest absolute Gasteiger partial charge is 0.244 e. The monoisotopic (exact) mass is 260 g/mol. The van der Waals surface area contributed by atoms with Crippen LogP contribution >= 0.6 is 0 Å². The summed E-state index contributed by atoms with van der Waals surface area (Å²) >= 11 is 0. The molecule has 0 fully saturated rings. The predicted molar refractivity (Wildman–Crippen MR) is 70.1 cm³/mol. The number of phenolic OH excluding ortho intramolecular Hbond substituents is 1. The van der Waals surface area contributed by atoms with Crippen molar-refractivity contribution in [1.82, 2.24) is 0 Å². The molecule has 1 unspecified atom stereocenters. The minimum Gasteiger partial charge on any atom is -0.508 e. The van der Waals surface area contributed by atoms with Crippen molar-refractivity contribution in [2.75, 3.05) is 5.32 Å². The molecule has 1 amide bonds. The second kappa shape index (κ2) is 5.39. The molecule has 0 aliphatic rings. The quantitative estimate of drug-likeness (QED) is 0.788. The zero-order valence-corrected chi connectivity index (χ0v) is 10.0. The van der Waals surface area contributed by atoms with E-state index >= 15 is 0 Å². The second-order valence-electron chi connectivity index (χ2n) is 4.05. The van der Waals surface area contributed by atoms with Crippen molar-refractivity contribution in [3.63, 3.8) is 0 Å². The molecule has 19 heavy (non-hydrogen) atoms. The summed E-state index contributed by atoms with van der Waals surface area (Å²) in [5.74, 6) is -1.12. The molecule has 4 N–H and O–H groups in total.